The summed E-state index contributed by atoms with van der Waals surface area (Å²) in [6.07, 6.45) is 0. The lowest BCUT2D eigenvalue weighted by Crippen LogP contribution is -2.43. The van der Waals surface area contributed by atoms with E-state index in [1.807, 2.05) is 31.4 Å². The van der Waals surface area contributed by atoms with Crippen molar-refractivity contribution in [2.24, 2.45) is 0 Å². The molecule has 148 valence electrons. The van der Waals surface area contributed by atoms with Gasteiger partial charge < -0.3 is 10.1 Å². The van der Waals surface area contributed by atoms with Crippen LogP contribution in [0.2, 0.25) is 5.02 Å². The molecule has 0 spiro atoms. The Hall–Kier alpha value is -2.90. The highest BCUT2D eigenvalue weighted by atomic mass is 35.5. The van der Waals surface area contributed by atoms with Crippen LogP contribution in [-0.2, 0) is 9.59 Å². The SMILES string of the molecule is Cc1nc(-c2ccc3c(c2)N(CC(=O)Nc2cccc(Cl)c2C)C(=O)CO3)cs1. The summed E-state index contributed by atoms with van der Waals surface area (Å²) >= 11 is 7.67. The molecule has 0 unspecified atom stereocenters. The number of nitrogens with zero attached hydrogens (tertiary/aromatic N) is 2. The fourth-order valence-corrected chi connectivity index (χ4v) is 3.90. The third-order valence-corrected chi connectivity index (χ3v) is 5.84. The Labute approximate surface area is 177 Å². The van der Waals surface area contributed by atoms with E-state index in [1.165, 1.54) is 4.90 Å². The summed E-state index contributed by atoms with van der Waals surface area (Å²) in [6.45, 7) is 3.54. The van der Waals surface area contributed by atoms with Gasteiger partial charge in [-0.2, -0.15) is 0 Å². The van der Waals surface area contributed by atoms with Crippen molar-refractivity contribution in [3.8, 4) is 17.0 Å². The number of aromatic nitrogens is 1. The Balaban J connectivity index is 1.60. The van der Waals surface area contributed by atoms with Gasteiger partial charge in [0.15, 0.2) is 6.61 Å². The molecule has 1 aliphatic heterocycles. The van der Waals surface area contributed by atoms with Crippen LogP contribution in [0, 0.1) is 13.8 Å². The summed E-state index contributed by atoms with van der Waals surface area (Å²) in [4.78, 5) is 31.1. The molecule has 2 aromatic carbocycles. The lowest BCUT2D eigenvalue weighted by atomic mass is 10.1. The number of anilines is 2. The van der Waals surface area contributed by atoms with Crippen molar-refractivity contribution in [2.45, 2.75) is 13.8 Å². The zero-order chi connectivity index (χ0) is 20.5. The van der Waals surface area contributed by atoms with E-state index in [1.54, 1.807) is 35.6 Å². The first-order valence-electron chi connectivity index (χ1n) is 8.97. The molecule has 3 aromatic rings. The number of rotatable bonds is 4. The van der Waals surface area contributed by atoms with Gasteiger partial charge in [-0.1, -0.05) is 17.7 Å². The number of hydrogen-bond donors (Lipinski definition) is 1. The van der Waals surface area contributed by atoms with E-state index in [0.717, 1.165) is 21.8 Å². The Morgan fingerprint density at radius 2 is 2.14 bits per heavy atom. The first kappa shape index (κ1) is 19.4. The normalized spacial score (nSPS) is 13.1. The van der Waals surface area contributed by atoms with Gasteiger partial charge in [0.05, 0.1) is 16.4 Å². The molecule has 6 nitrogen and oxygen atoms in total. The van der Waals surface area contributed by atoms with Crippen molar-refractivity contribution in [3.63, 3.8) is 0 Å². The molecule has 0 radical (unpaired) electrons. The van der Waals surface area contributed by atoms with Gasteiger partial charge in [0.2, 0.25) is 5.91 Å². The molecule has 1 aliphatic rings. The molecular formula is C21H18ClN3O3S. The van der Waals surface area contributed by atoms with E-state index in [4.69, 9.17) is 16.3 Å². The summed E-state index contributed by atoms with van der Waals surface area (Å²) in [5, 5.41) is 6.32. The van der Waals surface area contributed by atoms with Crippen LogP contribution in [0.15, 0.2) is 41.8 Å². The maximum atomic E-state index is 12.7. The standard InChI is InChI=1S/C21H18ClN3O3S/c1-12-15(22)4-3-5-16(12)24-20(26)9-25-18-8-14(17-11-29-13(2)23-17)6-7-19(18)28-10-21(25)27/h3-8,11H,9-10H2,1-2H3,(H,24,26). The predicted octanol–water partition coefficient (Wildman–Crippen LogP) is 4.44. The molecule has 0 saturated heterocycles. The van der Waals surface area contributed by atoms with Gasteiger partial charge >= 0.3 is 0 Å². The van der Waals surface area contributed by atoms with Gasteiger partial charge in [-0.15, -0.1) is 11.3 Å². The molecule has 2 amide bonds. The molecule has 0 atom stereocenters. The highest BCUT2D eigenvalue weighted by molar-refractivity contribution is 7.09. The van der Waals surface area contributed by atoms with Crippen LogP contribution in [0.3, 0.4) is 0 Å². The van der Waals surface area contributed by atoms with E-state index in [2.05, 4.69) is 10.3 Å². The third-order valence-electron chi connectivity index (χ3n) is 4.66. The van der Waals surface area contributed by atoms with Crippen LogP contribution in [0.1, 0.15) is 10.6 Å². The van der Waals surface area contributed by atoms with E-state index in [0.29, 0.717) is 22.1 Å². The van der Waals surface area contributed by atoms with E-state index in [9.17, 15) is 9.59 Å². The number of carbonyl (C=O) groups is 2. The summed E-state index contributed by atoms with van der Waals surface area (Å²) in [7, 11) is 0. The maximum Gasteiger partial charge on any atom is 0.265 e. The molecule has 0 bridgehead atoms. The minimum absolute atomic E-state index is 0.106. The van der Waals surface area contributed by atoms with Crippen molar-refractivity contribution >= 4 is 46.1 Å². The second kappa shape index (κ2) is 7.85. The summed E-state index contributed by atoms with van der Waals surface area (Å²) in [5.41, 5.74) is 3.64. The average molecular weight is 428 g/mol. The summed E-state index contributed by atoms with van der Waals surface area (Å²) in [5.74, 6) is -0.0272. The molecule has 29 heavy (non-hydrogen) atoms. The third kappa shape index (κ3) is 3.97. The lowest BCUT2D eigenvalue weighted by molar-refractivity contribution is -0.123. The van der Waals surface area contributed by atoms with Crippen LogP contribution >= 0.6 is 22.9 Å². The molecule has 0 aliphatic carbocycles. The number of hydrogen-bond acceptors (Lipinski definition) is 5. The Bertz CT molecular complexity index is 1110. The average Bonchev–Trinajstić information content (AvgIpc) is 3.14. The molecule has 0 saturated carbocycles. The number of halogens is 1. The fraction of sp³-hybridized carbons (Fsp3) is 0.190. The van der Waals surface area contributed by atoms with Crippen molar-refractivity contribution in [3.05, 3.63) is 57.4 Å². The van der Waals surface area contributed by atoms with E-state index in [-0.39, 0.29) is 25.0 Å². The largest absolute Gasteiger partial charge is 0.482 e. The van der Waals surface area contributed by atoms with Gasteiger partial charge in [0, 0.05) is 21.7 Å². The van der Waals surface area contributed by atoms with Crippen LogP contribution in [-0.4, -0.2) is 29.9 Å². The molecule has 1 aromatic heterocycles. The van der Waals surface area contributed by atoms with Crippen molar-refractivity contribution in [1.82, 2.24) is 4.98 Å². The first-order valence-corrected chi connectivity index (χ1v) is 10.2. The molecule has 4 rings (SSSR count). The number of ether oxygens (including phenoxy) is 1. The topological polar surface area (TPSA) is 71.5 Å². The number of thiazole rings is 1. The highest BCUT2D eigenvalue weighted by Gasteiger charge is 2.28. The van der Waals surface area contributed by atoms with Crippen LogP contribution in [0.5, 0.6) is 5.75 Å². The lowest BCUT2D eigenvalue weighted by Gasteiger charge is -2.29. The van der Waals surface area contributed by atoms with Crippen molar-refractivity contribution in [2.75, 3.05) is 23.4 Å². The smallest absolute Gasteiger partial charge is 0.265 e. The maximum absolute atomic E-state index is 12.7. The van der Waals surface area contributed by atoms with Crippen LogP contribution in [0.4, 0.5) is 11.4 Å². The number of fused-ring (bicyclic) bond motifs is 1. The molecule has 2 heterocycles. The highest BCUT2D eigenvalue weighted by Crippen LogP contribution is 2.36. The first-order chi connectivity index (χ1) is 13.9. The van der Waals surface area contributed by atoms with Gasteiger partial charge in [-0.3, -0.25) is 14.5 Å². The summed E-state index contributed by atoms with van der Waals surface area (Å²) < 4.78 is 5.54. The zero-order valence-electron chi connectivity index (χ0n) is 15.9. The molecule has 8 heteroatoms. The Morgan fingerprint density at radius 1 is 1.31 bits per heavy atom. The van der Waals surface area contributed by atoms with E-state index >= 15 is 0 Å². The second-order valence-corrected chi connectivity index (χ2v) is 8.13. The number of benzene rings is 2. The zero-order valence-corrected chi connectivity index (χ0v) is 17.4. The fourth-order valence-electron chi connectivity index (χ4n) is 3.11. The molecule has 0 fully saturated rings. The van der Waals surface area contributed by atoms with Gasteiger partial charge in [-0.05, 0) is 49.7 Å². The van der Waals surface area contributed by atoms with Crippen molar-refractivity contribution in [1.29, 1.82) is 0 Å². The Morgan fingerprint density at radius 3 is 2.90 bits per heavy atom. The van der Waals surface area contributed by atoms with Gasteiger partial charge in [0.25, 0.3) is 5.91 Å². The molecule has 1 N–H and O–H groups in total. The monoisotopic (exact) mass is 427 g/mol. The second-order valence-electron chi connectivity index (χ2n) is 6.66. The van der Waals surface area contributed by atoms with Crippen molar-refractivity contribution < 1.29 is 14.3 Å². The minimum atomic E-state index is -0.313. The number of carbonyl (C=O) groups excluding carboxylic acids is 2. The summed E-state index contributed by atoms with van der Waals surface area (Å²) in [6, 6.07) is 10.8. The molecular weight excluding hydrogens is 410 g/mol. The number of amides is 2. The van der Waals surface area contributed by atoms with Crippen LogP contribution in [0.25, 0.3) is 11.3 Å². The predicted molar refractivity (Wildman–Crippen MR) is 115 cm³/mol. The van der Waals surface area contributed by atoms with Gasteiger partial charge in [0.1, 0.15) is 12.3 Å². The number of nitrogens with one attached hydrogen (secondary N) is 1. The number of aryl methyl sites for hydroxylation is 1. The quantitative estimate of drug-likeness (QED) is 0.668. The van der Waals surface area contributed by atoms with Gasteiger partial charge in [-0.25, -0.2) is 4.98 Å². The van der Waals surface area contributed by atoms with E-state index < -0.39 is 0 Å². The Kier molecular flexibility index (Phi) is 5.25. The minimum Gasteiger partial charge on any atom is -0.482 e. The van der Waals surface area contributed by atoms with Crippen LogP contribution < -0.4 is 15.0 Å².